The van der Waals surface area contributed by atoms with Crippen LogP contribution in [0.5, 0.6) is 0 Å². The van der Waals surface area contributed by atoms with Gasteiger partial charge in [0.2, 0.25) is 0 Å². The Bertz CT molecular complexity index is 956. The lowest BCUT2D eigenvalue weighted by molar-refractivity contribution is 0.601. The Hall–Kier alpha value is -2.41. The molecule has 1 aromatic carbocycles. The van der Waals surface area contributed by atoms with E-state index >= 15 is 0 Å². The van der Waals surface area contributed by atoms with Crippen molar-refractivity contribution in [3.63, 3.8) is 0 Å². The summed E-state index contributed by atoms with van der Waals surface area (Å²) < 4.78 is 29.6. The highest BCUT2D eigenvalue weighted by Gasteiger charge is 2.21. The van der Waals surface area contributed by atoms with Crippen LogP contribution in [0.3, 0.4) is 0 Å². The number of para-hydroxylation sites is 1. The molecule has 0 saturated carbocycles. The molecule has 0 aliphatic carbocycles. The number of hydrogen-bond acceptors (Lipinski definition) is 4. The zero-order valence-electron chi connectivity index (χ0n) is 12.5. The van der Waals surface area contributed by atoms with Gasteiger partial charge in [0.25, 0.3) is 10.0 Å². The molecule has 0 aliphatic heterocycles. The van der Waals surface area contributed by atoms with Gasteiger partial charge in [0.1, 0.15) is 10.7 Å². The summed E-state index contributed by atoms with van der Waals surface area (Å²) >= 11 is 0. The molecule has 22 heavy (non-hydrogen) atoms. The minimum absolute atomic E-state index is 0.156. The van der Waals surface area contributed by atoms with Gasteiger partial charge < -0.3 is 0 Å². The molecule has 0 aliphatic rings. The molecule has 0 spiro atoms. The van der Waals surface area contributed by atoms with Crippen molar-refractivity contribution >= 4 is 26.7 Å². The summed E-state index contributed by atoms with van der Waals surface area (Å²) in [7, 11) is -2.04. The first-order chi connectivity index (χ1) is 10.4. The van der Waals surface area contributed by atoms with Gasteiger partial charge in [0, 0.05) is 24.2 Å². The summed E-state index contributed by atoms with van der Waals surface area (Å²) in [6.07, 6.45) is 1.58. The standard InChI is InChI=1S/C15H16N4O2S/c1-10-11(2)17-19(3)15(10)18-22(20,21)13-8-4-6-12-7-5-9-16-14(12)13/h4-9,18H,1-3H3. The highest BCUT2D eigenvalue weighted by atomic mass is 32.2. The molecular formula is C15H16N4O2S. The maximum atomic E-state index is 12.7. The summed E-state index contributed by atoms with van der Waals surface area (Å²) in [5.41, 5.74) is 2.05. The molecule has 3 aromatic rings. The molecule has 7 heteroatoms. The highest BCUT2D eigenvalue weighted by Crippen LogP contribution is 2.25. The topological polar surface area (TPSA) is 76.9 Å². The third kappa shape index (κ3) is 2.33. The van der Waals surface area contributed by atoms with Crippen LogP contribution >= 0.6 is 0 Å². The zero-order valence-corrected chi connectivity index (χ0v) is 13.3. The number of aryl methyl sites for hydroxylation is 2. The quantitative estimate of drug-likeness (QED) is 0.805. The van der Waals surface area contributed by atoms with Crippen molar-refractivity contribution in [1.82, 2.24) is 14.8 Å². The molecule has 0 saturated heterocycles. The Balaban J connectivity index is 2.13. The third-order valence-electron chi connectivity index (χ3n) is 3.64. The number of rotatable bonds is 3. The molecule has 2 heterocycles. The van der Waals surface area contributed by atoms with E-state index < -0.39 is 10.0 Å². The first kappa shape index (κ1) is 14.5. The van der Waals surface area contributed by atoms with Gasteiger partial charge in [0.15, 0.2) is 0 Å². The van der Waals surface area contributed by atoms with Gasteiger partial charge in [-0.3, -0.25) is 14.4 Å². The van der Waals surface area contributed by atoms with Gasteiger partial charge in [-0.2, -0.15) is 5.10 Å². The van der Waals surface area contributed by atoms with Gasteiger partial charge in [-0.05, 0) is 26.0 Å². The van der Waals surface area contributed by atoms with E-state index in [9.17, 15) is 8.42 Å². The van der Waals surface area contributed by atoms with E-state index in [1.54, 1.807) is 31.4 Å². The zero-order chi connectivity index (χ0) is 15.9. The molecule has 0 atom stereocenters. The monoisotopic (exact) mass is 316 g/mol. The molecule has 2 aromatic heterocycles. The number of anilines is 1. The van der Waals surface area contributed by atoms with Crippen LogP contribution in [0.1, 0.15) is 11.3 Å². The minimum Gasteiger partial charge on any atom is -0.263 e. The molecule has 0 fully saturated rings. The number of aromatic nitrogens is 3. The van der Waals surface area contributed by atoms with Gasteiger partial charge in [-0.15, -0.1) is 0 Å². The molecule has 0 unspecified atom stereocenters. The maximum Gasteiger partial charge on any atom is 0.265 e. The van der Waals surface area contributed by atoms with Gasteiger partial charge in [0.05, 0.1) is 11.2 Å². The van der Waals surface area contributed by atoms with E-state index in [4.69, 9.17) is 0 Å². The van der Waals surface area contributed by atoms with Crippen molar-refractivity contribution in [3.8, 4) is 0 Å². The number of pyridine rings is 1. The lowest BCUT2D eigenvalue weighted by atomic mass is 10.2. The van der Waals surface area contributed by atoms with E-state index in [2.05, 4.69) is 14.8 Å². The second-order valence-corrected chi connectivity index (χ2v) is 6.77. The molecule has 1 N–H and O–H groups in total. The van der Waals surface area contributed by atoms with Crippen molar-refractivity contribution in [1.29, 1.82) is 0 Å². The van der Waals surface area contributed by atoms with Crippen LogP contribution in [0.15, 0.2) is 41.4 Å². The number of nitrogens with one attached hydrogen (secondary N) is 1. The van der Waals surface area contributed by atoms with E-state index in [0.717, 1.165) is 16.6 Å². The van der Waals surface area contributed by atoms with Crippen molar-refractivity contribution in [3.05, 3.63) is 47.8 Å². The molecule has 6 nitrogen and oxygen atoms in total. The summed E-state index contributed by atoms with van der Waals surface area (Å²) in [5.74, 6) is 0.463. The Kier molecular flexibility index (Phi) is 3.37. The number of nitrogens with zero attached hydrogens (tertiary/aromatic N) is 3. The molecule has 114 valence electrons. The van der Waals surface area contributed by atoms with Crippen LogP contribution < -0.4 is 4.72 Å². The normalized spacial score (nSPS) is 11.8. The summed E-state index contributed by atoms with van der Waals surface area (Å²) in [6.45, 7) is 3.67. The highest BCUT2D eigenvalue weighted by molar-refractivity contribution is 7.93. The third-order valence-corrected chi connectivity index (χ3v) is 5.01. The number of sulfonamides is 1. The SMILES string of the molecule is Cc1nn(C)c(NS(=O)(=O)c2cccc3cccnc23)c1C. The minimum atomic E-state index is -3.74. The fourth-order valence-corrected chi connectivity index (χ4v) is 3.71. The van der Waals surface area contributed by atoms with Crippen LogP contribution in [0.25, 0.3) is 10.9 Å². The van der Waals surface area contributed by atoms with Crippen molar-refractivity contribution < 1.29 is 8.42 Å². The van der Waals surface area contributed by atoms with Crippen molar-refractivity contribution in [2.75, 3.05) is 4.72 Å². The average molecular weight is 316 g/mol. The molecule has 0 bridgehead atoms. The molecule has 0 radical (unpaired) electrons. The van der Waals surface area contributed by atoms with Crippen LogP contribution in [0.4, 0.5) is 5.82 Å². The maximum absolute atomic E-state index is 12.7. The molecule has 0 amide bonds. The number of fused-ring (bicyclic) bond motifs is 1. The smallest absolute Gasteiger partial charge is 0.263 e. The Morgan fingerprint density at radius 1 is 1.14 bits per heavy atom. The predicted molar refractivity (Wildman–Crippen MR) is 85.2 cm³/mol. The van der Waals surface area contributed by atoms with Crippen LogP contribution in [0, 0.1) is 13.8 Å². The largest absolute Gasteiger partial charge is 0.265 e. The first-order valence-electron chi connectivity index (χ1n) is 6.77. The van der Waals surface area contributed by atoms with E-state index in [-0.39, 0.29) is 4.90 Å². The predicted octanol–water partition coefficient (Wildman–Crippen LogP) is 2.39. The van der Waals surface area contributed by atoms with Crippen molar-refractivity contribution in [2.45, 2.75) is 18.7 Å². The van der Waals surface area contributed by atoms with Crippen LogP contribution in [-0.2, 0) is 17.1 Å². The van der Waals surface area contributed by atoms with Crippen LogP contribution in [0.2, 0.25) is 0 Å². The van der Waals surface area contributed by atoms with E-state index in [1.807, 2.05) is 26.0 Å². The average Bonchev–Trinajstić information content (AvgIpc) is 2.73. The summed E-state index contributed by atoms with van der Waals surface area (Å²) in [4.78, 5) is 4.35. The number of hydrogen-bond donors (Lipinski definition) is 1. The van der Waals surface area contributed by atoms with Gasteiger partial charge >= 0.3 is 0 Å². The molecule has 3 rings (SSSR count). The summed E-state index contributed by atoms with van der Waals surface area (Å²) in [5, 5.41) is 5.01. The Morgan fingerprint density at radius 3 is 2.55 bits per heavy atom. The molecular weight excluding hydrogens is 300 g/mol. The second kappa shape index (κ2) is 5.10. The first-order valence-corrected chi connectivity index (χ1v) is 8.25. The summed E-state index contributed by atoms with van der Waals surface area (Å²) in [6, 6.07) is 8.71. The lowest BCUT2D eigenvalue weighted by Gasteiger charge is -2.11. The lowest BCUT2D eigenvalue weighted by Crippen LogP contribution is -2.16. The fraction of sp³-hybridized carbons (Fsp3) is 0.200. The van der Waals surface area contributed by atoms with Gasteiger partial charge in [-0.25, -0.2) is 8.42 Å². The fourth-order valence-electron chi connectivity index (χ4n) is 2.38. The van der Waals surface area contributed by atoms with Crippen molar-refractivity contribution in [2.24, 2.45) is 7.05 Å². The second-order valence-electron chi connectivity index (χ2n) is 5.12. The van der Waals surface area contributed by atoms with E-state index in [1.165, 1.54) is 4.68 Å². The van der Waals surface area contributed by atoms with Crippen LogP contribution in [-0.4, -0.2) is 23.2 Å². The van der Waals surface area contributed by atoms with Gasteiger partial charge in [-0.1, -0.05) is 18.2 Å². The Labute approximate surface area is 128 Å². The number of benzene rings is 1. The van der Waals surface area contributed by atoms with E-state index in [0.29, 0.717) is 11.3 Å². The Morgan fingerprint density at radius 2 is 1.86 bits per heavy atom.